The molecule has 1 aliphatic rings. The molecule has 2 amide bonds. The molecule has 1 fully saturated rings. The summed E-state index contributed by atoms with van der Waals surface area (Å²) in [6.45, 7) is 0.369. The van der Waals surface area contributed by atoms with Gasteiger partial charge in [0.15, 0.2) is 0 Å². The van der Waals surface area contributed by atoms with E-state index in [1.165, 1.54) is 4.90 Å². The van der Waals surface area contributed by atoms with Crippen LogP contribution in [0.1, 0.15) is 12.0 Å². The summed E-state index contributed by atoms with van der Waals surface area (Å²) in [4.78, 5) is 25.9. The van der Waals surface area contributed by atoms with Crippen LogP contribution in [-0.4, -0.2) is 17.9 Å². The van der Waals surface area contributed by atoms with Crippen LogP contribution in [0.3, 0.4) is 0 Å². The normalized spacial score (nSPS) is 17.6. The second kappa shape index (κ2) is 7.11. The maximum atomic E-state index is 12.5. The maximum Gasteiger partial charge on any atom is 0.251 e. The first kappa shape index (κ1) is 17.2. The zero-order chi connectivity index (χ0) is 17.3. The maximum absolute atomic E-state index is 12.5. The van der Waals surface area contributed by atoms with Crippen molar-refractivity contribution in [2.75, 3.05) is 4.90 Å². The van der Waals surface area contributed by atoms with Gasteiger partial charge in [0.1, 0.15) is 0 Å². The van der Waals surface area contributed by atoms with E-state index in [1.807, 2.05) is 0 Å². The molecule has 0 saturated carbocycles. The van der Waals surface area contributed by atoms with E-state index in [1.54, 1.807) is 42.5 Å². The first-order valence-electron chi connectivity index (χ1n) is 7.25. The van der Waals surface area contributed by atoms with Gasteiger partial charge >= 0.3 is 0 Å². The monoisotopic (exact) mass is 382 g/mol. The Bertz CT molecular complexity index is 793. The van der Waals surface area contributed by atoms with E-state index in [0.717, 1.165) is 5.56 Å². The summed E-state index contributed by atoms with van der Waals surface area (Å²) < 4.78 is 0. The molecule has 3 rings (SSSR count). The fraction of sp³-hybridized carbons (Fsp3) is 0.176. The lowest BCUT2D eigenvalue weighted by molar-refractivity contribution is -0.121. The molecule has 4 nitrogen and oxygen atoms in total. The molecule has 0 aromatic heterocycles. The van der Waals surface area contributed by atoms with Crippen LogP contribution in [0.4, 0.5) is 5.69 Å². The number of rotatable bonds is 4. The van der Waals surface area contributed by atoms with Gasteiger partial charge in [-0.1, -0.05) is 40.9 Å². The average Bonchev–Trinajstić information content (AvgIpc) is 2.82. The highest BCUT2D eigenvalue weighted by Gasteiger charge is 2.39. The molecule has 1 N–H and O–H groups in total. The number of nitrogens with one attached hydrogen (secondary N) is 1. The van der Waals surface area contributed by atoms with Crippen LogP contribution < -0.4 is 10.2 Å². The van der Waals surface area contributed by atoms with E-state index in [0.29, 0.717) is 27.3 Å². The van der Waals surface area contributed by atoms with Crippen molar-refractivity contribution in [2.24, 2.45) is 0 Å². The molecule has 124 valence electrons. The van der Waals surface area contributed by atoms with E-state index in [9.17, 15) is 9.59 Å². The number of halogens is 3. The zero-order valence-electron chi connectivity index (χ0n) is 12.4. The second-order valence-corrected chi connectivity index (χ2v) is 6.70. The number of imide groups is 1. The number of anilines is 1. The van der Waals surface area contributed by atoms with E-state index < -0.39 is 6.04 Å². The van der Waals surface area contributed by atoms with Crippen molar-refractivity contribution in [3.63, 3.8) is 0 Å². The Balaban J connectivity index is 1.71. The minimum atomic E-state index is -0.583. The molecule has 2 aromatic carbocycles. The fourth-order valence-electron chi connectivity index (χ4n) is 2.55. The van der Waals surface area contributed by atoms with Crippen LogP contribution in [0, 0.1) is 0 Å². The number of hydrogen-bond acceptors (Lipinski definition) is 3. The van der Waals surface area contributed by atoms with Gasteiger partial charge in [-0.2, -0.15) is 0 Å². The third-order valence-electron chi connectivity index (χ3n) is 3.79. The number of benzene rings is 2. The molecule has 1 saturated heterocycles. The van der Waals surface area contributed by atoms with E-state index in [2.05, 4.69) is 5.32 Å². The highest BCUT2D eigenvalue weighted by Crippen LogP contribution is 2.25. The topological polar surface area (TPSA) is 49.4 Å². The van der Waals surface area contributed by atoms with E-state index in [4.69, 9.17) is 34.8 Å². The standard InChI is InChI=1S/C17H13Cl3N2O2/c18-11-3-5-13(6-4-11)22-16(23)8-15(17(22)24)21-9-10-1-2-12(19)7-14(10)20/h1-7,15,21H,8-9H2/t15-/m0/s1. The molecule has 24 heavy (non-hydrogen) atoms. The summed E-state index contributed by atoms with van der Waals surface area (Å²) in [6.07, 6.45) is 0.104. The number of hydrogen-bond donors (Lipinski definition) is 1. The lowest BCUT2D eigenvalue weighted by Crippen LogP contribution is -2.38. The van der Waals surface area contributed by atoms with Crippen LogP contribution >= 0.6 is 34.8 Å². The predicted molar refractivity (Wildman–Crippen MR) is 95.7 cm³/mol. The number of carbonyl (C=O) groups is 2. The van der Waals surface area contributed by atoms with Gasteiger partial charge in [-0.3, -0.25) is 9.59 Å². The molecule has 1 aliphatic heterocycles. The molecule has 2 aromatic rings. The third-order valence-corrected chi connectivity index (χ3v) is 4.62. The van der Waals surface area contributed by atoms with Crippen molar-refractivity contribution in [3.8, 4) is 0 Å². The number of carbonyl (C=O) groups excluding carboxylic acids is 2. The Morgan fingerprint density at radius 2 is 1.67 bits per heavy atom. The minimum Gasteiger partial charge on any atom is -0.301 e. The predicted octanol–water partition coefficient (Wildman–Crippen LogP) is 4.07. The molecule has 1 heterocycles. The number of amides is 2. The molecule has 0 aliphatic carbocycles. The average molecular weight is 384 g/mol. The molecule has 0 spiro atoms. The van der Waals surface area contributed by atoms with Crippen molar-refractivity contribution in [3.05, 3.63) is 63.1 Å². The Morgan fingerprint density at radius 3 is 2.33 bits per heavy atom. The van der Waals surface area contributed by atoms with Gasteiger partial charge in [0.2, 0.25) is 5.91 Å². The third kappa shape index (κ3) is 3.57. The Labute approximate surface area is 154 Å². The first-order valence-corrected chi connectivity index (χ1v) is 8.39. The Hall–Kier alpha value is -1.59. The summed E-state index contributed by atoms with van der Waals surface area (Å²) in [7, 11) is 0. The summed E-state index contributed by atoms with van der Waals surface area (Å²) >= 11 is 17.8. The lowest BCUT2D eigenvalue weighted by atomic mass is 10.2. The summed E-state index contributed by atoms with van der Waals surface area (Å²) in [5, 5.41) is 4.69. The van der Waals surface area contributed by atoms with Gasteiger partial charge in [-0.05, 0) is 42.0 Å². The second-order valence-electron chi connectivity index (χ2n) is 5.42. The van der Waals surface area contributed by atoms with Crippen LogP contribution in [-0.2, 0) is 16.1 Å². The summed E-state index contributed by atoms with van der Waals surface area (Å²) in [6, 6.07) is 11.2. The Kier molecular flexibility index (Phi) is 5.11. The zero-order valence-corrected chi connectivity index (χ0v) is 14.7. The van der Waals surface area contributed by atoms with Crippen molar-refractivity contribution < 1.29 is 9.59 Å². The van der Waals surface area contributed by atoms with Crippen molar-refractivity contribution in [1.82, 2.24) is 5.32 Å². The lowest BCUT2D eigenvalue weighted by Gasteiger charge is -2.16. The quantitative estimate of drug-likeness (QED) is 0.810. The van der Waals surface area contributed by atoms with Gasteiger partial charge in [-0.25, -0.2) is 4.90 Å². The van der Waals surface area contributed by atoms with Crippen molar-refractivity contribution >= 4 is 52.3 Å². The molecule has 0 bridgehead atoms. The fourth-order valence-corrected chi connectivity index (χ4v) is 3.15. The molecule has 7 heteroatoms. The molecule has 0 unspecified atom stereocenters. The molecular formula is C17H13Cl3N2O2. The van der Waals surface area contributed by atoms with Crippen LogP contribution in [0.2, 0.25) is 15.1 Å². The molecule has 1 atom stereocenters. The van der Waals surface area contributed by atoms with Crippen molar-refractivity contribution in [1.29, 1.82) is 0 Å². The van der Waals surface area contributed by atoms with E-state index >= 15 is 0 Å². The smallest absolute Gasteiger partial charge is 0.251 e. The highest BCUT2D eigenvalue weighted by atomic mass is 35.5. The first-order chi connectivity index (χ1) is 11.5. The van der Waals surface area contributed by atoms with Crippen LogP contribution in [0.25, 0.3) is 0 Å². The summed E-state index contributed by atoms with van der Waals surface area (Å²) in [5.74, 6) is -0.533. The summed E-state index contributed by atoms with van der Waals surface area (Å²) in [5.41, 5.74) is 1.33. The van der Waals surface area contributed by atoms with Crippen LogP contribution in [0.5, 0.6) is 0 Å². The Morgan fingerprint density at radius 1 is 1.00 bits per heavy atom. The van der Waals surface area contributed by atoms with Gasteiger partial charge in [0, 0.05) is 21.6 Å². The molecular weight excluding hydrogens is 371 g/mol. The van der Waals surface area contributed by atoms with Crippen molar-refractivity contribution in [2.45, 2.75) is 19.0 Å². The SMILES string of the molecule is O=C1C[C@H](NCc2ccc(Cl)cc2Cl)C(=O)N1c1ccc(Cl)cc1. The molecule has 0 radical (unpaired) electrons. The van der Waals surface area contributed by atoms with Gasteiger partial charge < -0.3 is 5.32 Å². The highest BCUT2D eigenvalue weighted by molar-refractivity contribution is 6.35. The van der Waals surface area contributed by atoms with Crippen LogP contribution in [0.15, 0.2) is 42.5 Å². The van der Waals surface area contributed by atoms with E-state index in [-0.39, 0.29) is 18.2 Å². The number of nitrogens with zero attached hydrogens (tertiary/aromatic N) is 1. The van der Waals surface area contributed by atoms with Gasteiger partial charge in [0.25, 0.3) is 5.91 Å². The minimum absolute atomic E-state index is 0.104. The van der Waals surface area contributed by atoms with Gasteiger partial charge in [0.05, 0.1) is 18.2 Å². The van der Waals surface area contributed by atoms with Gasteiger partial charge in [-0.15, -0.1) is 0 Å². The largest absolute Gasteiger partial charge is 0.301 e.